The zero-order valence-corrected chi connectivity index (χ0v) is 12.0. The van der Waals surface area contributed by atoms with Gasteiger partial charge in [0.2, 0.25) is 0 Å². The summed E-state index contributed by atoms with van der Waals surface area (Å²) in [6.45, 7) is 1.19. The van der Waals surface area contributed by atoms with Gasteiger partial charge in [-0.3, -0.25) is 14.3 Å². The number of carbonyl (C=O) groups excluding carboxylic acids is 1. The van der Waals surface area contributed by atoms with Crippen LogP contribution in [0.25, 0.3) is 0 Å². The maximum absolute atomic E-state index is 11.8. The lowest BCUT2D eigenvalue weighted by molar-refractivity contribution is 0.145. The van der Waals surface area contributed by atoms with Gasteiger partial charge in [-0.2, -0.15) is 0 Å². The fourth-order valence-corrected chi connectivity index (χ4v) is 3.02. The Morgan fingerprint density at radius 2 is 2.33 bits per heavy atom. The van der Waals surface area contributed by atoms with Crippen LogP contribution in [0.2, 0.25) is 0 Å². The summed E-state index contributed by atoms with van der Waals surface area (Å²) in [6.07, 6.45) is 2.32. The van der Waals surface area contributed by atoms with E-state index in [1.807, 2.05) is 11.4 Å². The summed E-state index contributed by atoms with van der Waals surface area (Å²) in [6, 6.07) is 3.29. The topological polar surface area (TPSA) is 90.5 Å². The summed E-state index contributed by atoms with van der Waals surface area (Å²) >= 11 is 1.44. The summed E-state index contributed by atoms with van der Waals surface area (Å²) in [7, 11) is 0. The van der Waals surface area contributed by atoms with Gasteiger partial charge in [-0.05, 0) is 17.0 Å². The molecule has 110 valence electrons. The Morgan fingerprint density at radius 3 is 3.05 bits per heavy atom. The lowest BCUT2D eigenvalue weighted by Crippen LogP contribution is -2.26. The minimum atomic E-state index is -0.377. The molecule has 1 saturated heterocycles. The second-order valence-corrected chi connectivity index (χ2v) is 5.58. The molecule has 1 fully saturated rings. The Balaban J connectivity index is 1.77. The van der Waals surface area contributed by atoms with Crippen molar-refractivity contribution in [3.05, 3.63) is 46.0 Å². The van der Waals surface area contributed by atoms with Crippen molar-refractivity contribution >= 4 is 22.4 Å². The van der Waals surface area contributed by atoms with Crippen LogP contribution in [0.3, 0.4) is 0 Å². The molecule has 0 spiro atoms. The molecule has 0 aromatic carbocycles. The van der Waals surface area contributed by atoms with Crippen molar-refractivity contribution in [3.8, 4) is 0 Å². The van der Waals surface area contributed by atoms with Crippen LogP contribution in [-0.2, 0) is 11.3 Å². The molecule has 0 bridgehead atoms. The van der Waals surface area contributed by atoms with Gasteiger partial charge < -0.3 is 10.5 Å². The largest absolute Gasteiger partial charge is 0.443 e. The molecule has 2 aromatic rings. The molecule has 3 heterocycles. The molecule has 1 atom stereocenters. The third-order valence-corrected chi connectivity index (χ3v) is 4.19. The Morgan fingerprint density at radius 1 is 1.48 bits per heavy atom. The molecular formula is C13H14N4O3S. The van der Waals surface area contributed by atoms with E-state index in [0.717, 1.165) is 10.6 Å². The normalized spacial score (nSPS) is 18.0. The number of thiophene rings is 1. The summed E-state index contributed by atoms with van der Waals surface area (Å²) in [5.74, 6) is 0. The number of aromatic nitrogens is 2. The number of anilines is 1. The average Bonchev–Trinajstić information content (AvgIpc) is 3.07. The monoisotopic (exact) mass is 306 g/mol. The minimum absolute atomic E-state index is 0.110. The minimum Gasteiger partial charge on any atom is -0.443 e. The molecule has 1 amide bonds. The molecule has 1 aliphatic rings. The quantitative estimate of drug-likeness (QED) is 0.895. The van der Waals surface area contributed by atoms with E-state index < -0.39 is 0 Å². The molecule has 0 radical (unpaired) electrons. The van der Waals surface area contributed by atoms with Crippen LogP contribution in [0.1, 0.15) is 5.56 Å². The summed E-state index contributed by atoms with van der Waals surface area (Å²) in [4.78, 5) is 28.9. The van der Waals surface area contributed by atoms with Crippen molar-refractivity contribution in [1.82, 2.24) is 9.55 Å². The van der Waals surface area contributed by atoms with E-state index in [-0.39, 0.29) is 17.8 Å². The highest BCUT2D eigenvalue weighted by atomic mass is 32.1. The third-order valence-electron chi connectivity index (χ3n) is 3.19. The van der Waals surface area contributed by atoms with Gasteiger partial charge in [0, 0.05) is 18.8 Å². The smallest absolute Gasteiger partial charge is 0.415 e. The van der Waals surface area contributed by atoms with Crippen LogP contribution in [0.4, 0.5) is 9.80 Å². The third kappa shape index (κ3) is 2.81. The van der Waals surface area contributed by atoms with E-state index in [1.54, 1.807) is 4.90 Å². The second kappa shape index (κ2) is 5.66. The van der Waals surface area contributed by atoms with Crippen molar-refractivity contribution in [3.63, 3.8) is 0 Å². The molecule has 0 aliphatic carbocycles. The standard InChI is InChI=1S/C13H14N4O3S/c14-4-10-6-17(13(19)20-10)12-3-9(7-21-12)5-16-8-15-2-1-11(16)18/h1-3,7-8,10H,4-6,14H2/t10-/m0/s1. The molecule has 21 heavy (non-hydrogen) atoms. The summed E-state index contributed by atoms with van der Waals surface area (Å²) in [5, 5.41) is 2.71. The SMILES string of the molecule is NC[C@H]1CN(c2cc(Cn3cnccc3=O)cs2)C(=O)O1. The lowest BCUT2D eigenvalue weighted by Gasteiger charge is -2.09. The van der Waals surface area contributed by atoms with E-state index in [2.05, 4.69) is 4.98 Å². The Labute approximate surface area is 124 Å². The number of amides is 1. The second-order valence-electron chi connectivity index (χ2n) is 4.69. The highest BCUT2D eigenvalue weighted by molar-refractivity contribution is 7.14. The van der Waals surface area contributed by atoms with Gasteiger partial charge in [0.1, 0.15) is 11.1 Å². The van der Waals surface area contributed by atoms with Crippen molar-refractivity contribution in [2.24, 2.45) is 5.73 Å². The number of cyclic esters (lactones) is 1. The van der Waals surface area contributed by atoms with E-state index in [4.69, 9.17) is 10.5 Å². The zero-order chi connectivity index (χ0) is 14.8. The molecular weight excluding hydrogens is 292 g/mol. The average molecular weight is 306 g/mol. The number of hydrogen-bond donors (Lipinski definition) is 1. The first-order chi connectivity index (χ1) is 10.2. The Bertz CT molecular complexity index is 711. The molecule has 3 rings (SSSR count). The maximum Gasteiger partial charge on any atom is 0.415 e. The van der Waals surface area contributed by atoms with Crippen molar-refractivity contribution in [2.75, 3.05) is 18.0 Å². The zero-order valence-electron chi connectivity index (χ0n) is 11.1. The lowest BCUT2D eigenvalue weighted by atomic mass is 10.3. The van der Waals surface area contributed by atoms with Gasteiger partial charge in [-0.15, -0.1) is 11.3 Å². The van der Waals surface area contributed by atoms with Crippen LogP contribution < -0.4 is 16.2 Å². The van der Waals surface area contributed by atoms with Crippen LogP contribution in [0.15, 0.2) is 34.8 Å². The summed E-state index contributed by atoms with van der Waals surface area (Å²) in [5.41, 5.74) is 6.34. The molecule has 0 unspecified atom stereocenters. The maximum atomic E-state index is 11.8. The number of hydrogen-bond acceptors (Lipinski definition) is 6. The highest BCUT2D eigenvalue weighted by Crippen LogP contribution is 2.28. The number of nitrogens with zero attached hydrogens (tertiary/aromatic N) is 3. The first-order valence-electron chi connectivity index (χ1n) is 6.43. The fourth-order valence-electron chi connectivity index (χ4n) is 2.11. The van der Waals surface area contributed by atoms with E-state index in [9.17, 15) is 9.59 Å². The fraction of sp³-hybridized carbons (Fsp3) is 0.308. The van der Waals surface area contributed by atoms with Gasteiger partial charge in [0.25, 0.3) is 5.56 Å². The molecule has 0 saturated carbocycles. The van der Waals surface area contributed by atoms with Crippen molar-refractivity contribution in [1.29, 1.82) is 0 Å². The van der Waals surface area contributed by atoms with Gasteiger partial charge in [-0.1, -0.05) is 0 Å². The number of carbonyl (C=O) groups is 1. The van der Waals surface area contributed by atoms with Gasteiger partial charge in [0.15, 0.2) is 0 Å². The molecule has 2 aromatic heterocycles. The summed E-state index contributed by atoms with van der Waals surface area (Å²) < 4.78 is 6.64. The number of ether oxygens (including phenoxy) is 1. The van der Waals surface area contributed by atoms with Crippen LogP contribution in [-0.4, -0.2) is 34.8 Å². The van der Waals surface area contributed by atoms with Crippen LogP contribution in [0.5, 0.6) is 0 Å². The van der Waals surface area contributed by atoms with Gasteiger partial charge >= 0.3 is 6.09 Å². The van der Waals surface area contributed by atoms with Crippen LogP contribution in [0, 0.1) is 0 Å². The Kier molecular flexibility index (Phi) is 3.72. The van der Waals surface area contributed by atoms with E-state index in [1.165, 1.54) is 34.5 Å². The predicted molar refractivity (Wildman–Crippen MR) is 78.6 cm³/mol. The first-order valence-corrected chi connectivity index (χ1v) is 7.31. The number of rotatable bonds is 4. The van der Waals surface area contributed by atoms with Crippen molar-refractivity contribution < 1.29 is 9.53 Å². The molecule has 8 heteroatoms. The van der Waals surface area contributed by atoms with Crippen molar-refractivity contribution in [2.45, 2.75) is 12.6 Å². The highest BCUT2D eigenvalue weighted by Gasteiger charge is 2.32. The molecule has 2 N–H and O–H groups in total. The van der Waals surface area contributed by atoms with Gasteiger partial charge in [-0.25, -0.2) is 9.78 Å². The van der Waals surface area contributed by atoms with Gasteiger partial charge in [0.05, 0.1) is 19.4 Å². The predicted octanol–water partition coefficient (Wildman–Crippen LogP) is 0.637. The van der Waals surface area contributed by atoms with E-state index >= 15 is 0 Å². The van der Waals surface area contributed by atoms with E-state index in [0.29, 0.717) is 19.6 Å². The van der Waals surface area contributed by atoms with Crippen LogP contribution >= 0.6 is 11.3 Å². The Hall–Kier alpha value is -2.19. The molecule has 1 aliphatic heterocycles. The number of nitrogens with two attached hydrogens (primary N) is 1. The molecule has 7 nitrogen and oxygen atoms in total. The first kappa shape index (κ1) is 13.8.